The van der Waals surface area contributed by atoms with Crippen LogP contribution in [-0.4, -0.2) is 29.2 Å². The van der Waals surface area contributed by atoms with E-state index in [0.29, 0.717) is 9.92 Å². The fourth-order valence-electron chi connectivity index (χ4n) is 1.83. The third kappa shape index (κ3) is 5.91. The summed E-state index contributed by atoms with van der Waals surface area (Å²) < 4.78 is 4.85. The van der Waals surface area contributed by atoms with Crippen LogP contribution in [0.1, 0.15) is 0 Å². The van der Waals surface area contributed by atoms with Gasteiger partial charge in [-0.25, -0.2) is 0 Å². The molecule has 0 unspecified atom stereocenters. The van der Waals surface area contributed by atoms with E-state index in [9.17, 15) is 19.7 Å². The Balaban J connectivity index is 1.84. The highest BCUT2D eigenvalue weighted by atomic mass is 35.5. The molecule has 136 valence electrons. The van der Waals surface area contributed by atoms with Crippen LogP contribution in [0.4, 0.5) is 11.4 Å². The highest BCUT2D eigenvalue weighted by Gasteiger charge is 2.17. The Hall–Kier alpha value is -2.29. The molecule has 0 saturated heterocycles. The van der Waals surface area contributed by atoms with Crippen molar-refractivity contribution in [1.82, 2.24) is 0 Å². The lowest BCUT2D eigenvalue weighted by Gasteiger charge is -2.08. The summed E-state index contributed by atoms with van der Waals surface area (Å²) in [5.74, 6) is -1.35. The first kappa shape index (κ1) is 20.0. The van der Waals surface area contributed by atoms with Crippen molar-refractivity contribution >= 4 is 58.2 Å². The van der Waals surface area contributed by atoms with E-state index in [1.54, 1.807) is 24.3 Å². The van der Waals surface area contributed by atoms with Gasteiger partial charge in [-0.05, 0) is 24.3 Å². The smallest absolute Gasteiger partial charge is 0.316 e. The second kappa shape index (κ2) is 9.42. The van der Waals surface area contributed by atoms with Gasteiger partial charge in [-0.3, -0.25) is 19.7 Å². The van der Waals surface area contributed by atoms with Crippen molar-refractivity contribution in [3.05, 3.63) is 62.6 Å². The maximum atomic E-state index is 11.8. The summed E-state index contributed by atoms with van der Waals surface area (Å²) in [4.78, 5) is 34.6. The van der Waals surface area contributed by atoms with E-state index in [1.807, 2.05) is 0 Å². The molecule has 0 saturated carbocycles. The Morgan fingerprint density at radius 1 is 1.19 bits per heavy atom. The van der Waals surface area contributed by atoms with E-state index in [0.717, 1.165) is 6.07 Å². The normalized spacial score (nSPS) is 10.2. The van der Waals surface area contributed by atoms with Gasteiger partial charge in [-0.15, -0.1) is 11.8 Å². The van der Waals surface area contributed by atoms with Gasteiger partial charge in [0.1, 0.15) is 5.69 Å². The van der Waals surface area contributed by atoms with Crippen LogP contribution in [0, 0.1) is 10.1 Å². The van der Waals surface area contributed by atoms with Crippen LogP contribution in [0.3, 0.4) is 0 Å². The van der Waals surface area contributed by atoms with E-state index in [2.05, 4.69) is 5.32 Å². The fourth-order valence-corrected chi connectivity index (χ4v) is 3.04. The highest BCUT2D eigenvalue weighted by Crippen LogP contribution is 2.28. The number of amides is 1. The predicted molar refractivity (Wildman–Crippen MR) is 99.9 cm³/mol. The van der Waals surface area contributed by atoms with Crippen LogP contribution in [0.15, 0.2) is 47.4 Å². The number of nitro groups is 1. The van der Waals surface area contributed by atoms with Gasteiger partial charge in [0.2, 0.25) is 0 Å². The second-order valence-electron chi connectivity index (χ2n) is 4.85. The number of hydrogen-bond acceptors (Lipinski definition) is 6. The van der Waals surface area contributed by atoms with E-state index >= 15 is 0 Å². The van der Waals surface area contributed by atoms with Crippen molar-refractivity contribution in [2.45, 2.75) is 4.90 Å². The van der Waals surface area contributed by atoms with Crippen LogP contribution in [0.25, 0.3) is 0 Å². The van der Waals surface area contributed by atoms with Gasteiger partial charge in [0.15, 0.2) is 6.61 Å². The van der Waals surface area contributed by atoms with Crippen molar-refractivity contribution < 1.29 is 19.2 Å². The van der Waals surface area contributed by atoms with Crippen molar-refractivity contribution in [2.24, 2.45) is 0 Å². The lowest BCUT2D eigenvalue weighted by molar-refractivity contribution is -0.383. The summed E-state index contributed by atoms with van der Waals surface area (Å²) >= 11 is 12.9. The summed E-state index contributed by atoms with van der Waals surface area (Å²) in [6.07, 6.45) is 0. The van der Waals surface area contributed by atoms with Crippen LogP contribution in [0.5, 0.6) is 0 Å². The summed E-state index contributed by atoms with van der Waals surface area (Å²) in [7, 11) is 0. The third-order valence-electron chi connectivity index (χ3n) is 2.98. The number of nitro benzene ring substituents is 1. The van der Waals surface area contributed by atoms with E-state index in [4.69, 9.17) is 27.9 Å². The van der Waals surface area contributed by atoms with Crippen LogP contribution in [-0.2, 0) is 14.3 Å². The number of nitrogens with one attached hydrogen (secondary N) is 1. The molecule has 1 amide bonds. The maximum absolute atomic E-state index is 11.8. The van der Waals surface area contributed by atoms with Gasteiger partial charge in [-0.1, -0.05) is 35.3 Å². The number of nitrogens with zero attached hydrogens (tertiary/aromatic N) is 1. The van der Waals surface area contributed by atoms with Crippen molar-refractivity contribution in [3.8, 4) is 0 Å². The third-order valence-corrected chi connectivity index (χ3v) is 4.70. The largest absolute Gasteiger partial charge is 0.455 e. The number of halogens is 2. The standard InChI is InChI=1S/C16H12Cl2N2O5S/c17-10-5-6-12(13(7-10)20(23)24)19-15(21)8-25-16(22)9-26-14-4-2-1-3-11(14)18/h1-7H,8-9H2,(H,19,21). The lowest BCUT2D eigenvalue weighted by Crippen LogP contribution is -2.22. The van der Waals surface area contributed by atoms with E-state index in [1.165, 1.54) is 23.9 Å². The average Bonchev–Trinajstić information content (AvgIpc) is 2.60. The zero-order valence-electron chi connectivity index (χ0n) is 13.1. The number of esters is 1. The molecule has 0 aliphatic heterocycles. The van der Waals surface area contributed by atoms with Crippen molar-refractivity contribution in [3.63, 3.8) is 0 Å². The summed E-state index contributed by atoms with van der Waals surface area (Å²) in [5, 5.41) is 14.0. The molecule has 0 spiro atoms. The van der Waals surface area contributed by atoms with Gasteiger partial charge >= 0.3 is 5.97 Å². The first-order chi connectivity index (χ1) is 12.4. The molecule has 7 nitrogen and oxygen atoms in total. The number of carbonyl (C=O) groups excluding carboxylic acids is 2. The van der Waals surface area contributed by atoms with Gasteiger partial charge < -0.3 is 10.1 Å². The molecule has 2 rings (SSSR count). The number of rotatable bonds is 7. The molecule has 0 aromatic heterocycles. The first-order valence-electron chi connectivity index (χ1n) is 7.13. The number of thioether (sulfide) groups is 1. The van der Waals surface area contributed by atoms with E-state index in [-0.39, 0.29) is 22.2 Å². The molecule has 2 aromatic rings. The fraction of sp³-hybridized carbons (Fsp3) is 0.125. The first-order valence-corrected chi connectivity index (χ1v) is 8.87. The van der Waals surface area contributed by atoms with Gasteiger partial charge in [0, 0.05) is 16.0 Å². The molecule has 26 heavy (non-hydrogen) atoms. The number of benzene rings is 2. The lowest BCUT2D eigenvalue weighted by atomic mass is 10.2. The number of anilines is 1. The number of carbonyl (C=O) groups is 2. The molecule has 0 fully saturated rings. The SMILES string of the molecule is O=C(COC(=O)CSc1ccccc1Cl)Nc1ccc(Cl)cc1[N+](=O)[O-]. The molecule has 0 atom stereocenters. The summed E-state index contributed by atoms with van der Waals surface area (Å²) in [5.41, 5.74) is -0.391. The molecule has 2 aromatic carbocycles. The molecule has 10 heteroatoms. The Morgan fingerprint density at radius 2 is 1.92 bits per heavy atom. The van der Waals surface area contributed by atoms with Gasteiger partial charge in [0.05, 0.1) is 15.7 Å². The molecule has 0 heterocycles. The average molecular weight is 415 g/mol. The predicted octanol–water partition coefficient (Wildman–Crippen LogP) is 4.18. The minimum atomic E-state index is -0.702. The maximum Gasteiger partial charge on any atom is 0.316 e. The number of ether oxygens (including phenoxy) is 1. The topological polar surface area (TPSA) is 98.5 Å². The number of hydrogen-bond donors (Lipinski definition) is 1. The second-order valence-corrected chi connectivity index (χ2v) is 6.71. The molecule has 0 aliphatic carbocycles. The molecule has 1 N–H and O–H groups in total. The molecular formula is C16H12Cl2N2O5S. The zero-order chi connectivity index (χ0) is 19.1. The van der Waals surface area contributed by atoms with Crippen LogP contribution in [0.2, 0.25) is 10.0 Å². The zero-order valence-corrected chi connectivity index (χ0v) is 15.4. The quantitative estimate of drug-likeness (QED) is 0.315. The Kier molecular flexibility index (Phi) is 7.26. The molecule has 0 radical (unpaired) electrons. The molecule has 0 bridgehead atoms. The van der Waals surface area contributed by atoms with E-state index < -0.39 is 23.4 Å². The van der Waals surface area contributed by atoms with Gasteiger partial charge in [-0.2, -0.15) is 0 Å². The summed E-state index contributed by atoms with van der Waals surface area (Å²) in [6.45, 7) is -0.568. The van der Waals surface area contributed by atoms with Crippen molar-refractivity contribution in [2.75, 3.05) is 17.7 Å². The van der Waals surface area contributed by atoms with Crippen LogP contribution >= 0.6 is 35.0 Å². The molecular weight excluding hydrogens is 403 g/mol. The van der Waals surface area contributed by atoms with Crippen molar-refractivity contribution in [1.29, 1.82) is 0 Å². The van der Waals surface area contributed by atoms with Crippen LogP contribution < -0.4 is 5.32 Å². The minimum Gasteiger partial charge on any atom is -0.455 e. The Morgan fingerprint density at radius 3 is 2.62 bits per heavy atom. The summed E-state index contributed by atoms with van der Waals surface area (Å²) in [6, 6.07) is 10.8. The Labute approximate surface area is 162 Å². The Bertz CT molecular complexity index is 847. The minimum absolute atomic E-state index is 0.0297. The van der Waals surface area contributed by atoms with Gasteiger partial charge in [0.25, 0.3) is 11.6 Å². The highest BCUT2D eigenvalue weighted by molar-refractivity contribution is 8.00. The molecule has 0 aliphatic rings. The monoisotopic (exact) mass is 414 g/mol.